The van der Waals surface area contributed by atoms with Crippen molar-refractivity contribution in [3.8, 4) is 0 Å². The third-order valence-corrected chi connectivity index (χ3v) is 5.76. The summed E-state index contributed by atoms with van der Waals surface area (Å²) in [7, 11) is -2.76. The second-order valence-corrected chi connectivity index (χ2v) is 8.04. The third kappa shape index (κ3) is 6.19. The van der Waals surface area contributed by atoms with Gasteiger partial charge in [0.15, 0.2) is 0 Å². The molecule has 1 aliphatic carbocycles. The highest BCUT2D eigenvalue weighted by molar-refractivity contribution is 7.91. The van der Waals surface area contributed by atoms with Crippen LogP contribution in [0.15, 0.2) is 0 Å². The first-order valence-electron chi connectivity index (χ1n) is 7.51. The lowest BCUT2D eigenvalue weighted by Gasteiger charge is -2.29. The largest absolute Gasteiger partial charge is 0.314 e. The van der Waals surface area contributed by atoms with Gasteiger partial charge in [-0.3, -0.25) is 0 Å². The average Bonchev–Trinajstić information content (AvgIpc) is 2.37. The minimum atomic E-state index is -2.76. The molecule has 3 nitrogen and oxygen atoms in total. The normalized spacial score (nSPS) is 25.2. The molecular weight excluding hydrogens is 246 g/mol. The lowest BCUT2D eigenvalue weighted by Crippen LogP contribution is -2.34. The van der Waals surface area contributed by atoms with Crippen LogP contribution in [0.4, 0.5) is 0 Å². The molecule has 4 heteroatoms. The minimum absolute atomic E-state index is 0.290. The molecule has 18 heavy (non-hydrogen) atoms. The highest BCUT2D eigenvalue weighted by Gasteiger charge is 2.21. The van der Waals surface area contributed by atoms with Crippen molar-refractivity contribution in [3.63, 3.8) is 0 Å². The summed E-state index contributed by atoms with van der Waals surface area (Å²) in [6.45, 7) is 5.05. The summed E-state index contributed by atoms with van der Waals surface area (Å²) in [5, 5.41) is 3.60. The number of rotatable bonds is 8. The molecule has 0 saturated heterocycles. The van der Waals surface area contributed by atoms with Crippen LogP contribution in [0.5, 0.6) is 0 Å². The van der Waals surface area contributed by atoms with E-state index in [1.54, 1.807) is 6.92 Å². The van der Waals surface area contributed by atoms with E-state index in [2.05, 4.69) is 12.2 Å². The van der Waals surface area contributed by atoms with E-state index in [9.17, 15) is 8.42 Å². The minimum Gasteiger partial charge on any atom is -0.314 e. The Morgan fingerprint density at radius 2 is 2.00 bits per heavy atom. The van der Waals surface area contributed by atoms with Crippen molar-refractivity contribution in [3.05, 3.63) is 0 Å². The first kappa shape index (κ1) is 16.0. The highest BCUT2D eigenvalue weighted by atomic mass is 32.2. The number of hydrogen-bond acceptors (Lipinski definition) is 3. The van der Waals surface area contributed by atoms with Gasteiger partial charge in [0.2, 0.25) is 0 Å². The van der Waals surface area contributed by atoms with E-state index in [1.807, 2.05) is 0 Å². The van der Waals surface area contributed by atoms with E-state index >= 15 is 0 Å². The Labute approximate surface area is 113 Å². The van der Waals surface area contributed by atoms with E-state index in [4.69, 9.17) is 0 Å². The summed E-state index contributed by atoms with van der Waals surface area (Å²) < 4.78 is 22.9. The molecule has 1 saturated carbocycles. The molecule has 0 aromatic heterocycles. The van der Waals surface area contributed by atoms with Crippen LogP contribution in [0.1, 0.15) is 58.8 Å². The average molecular weight is 275 g/mol. The Kier molecular flexibility index (Phi) is 7.23. The third-order valence-electron chi connectivity index (χ3n) is 3.97. The molecule has 2 atom stereocenters. The van der Waals surface area contributed by atoms with Gasteiger partial charge in [0.1, 0.15) is 9.84 Å². The van der Waals surface area contributed by atoms with Gasteiger partial charge in [0, 0.05) is 11.8 Å². The summed E-state index contributed by atoms with van der Waals surface area (Å²) in [4.78, 5) is 0. The second kappa shape index (κ2) is 8.16. The monoisotopic (exact) mass is 275 g/mol. The van der Waals surface area contributed by atoms with Gasteiger partial charge in [-0.15, -0.1) is 0 Å². The van der Waals surface area contributed by atoms with Crippen molar-refractivity contribution in [2.75, 3.05) is 18.1 Å². The van der Waals surface area contributed by atoms with Gasteiger partial charge in [-0.1, -0.05) is 26.7 Å². The van der Waals surface area contributed by atoms with E-state index in [0.29, 0.717) is 17.5 Å². The van der Waals surface area contributed by atoms with Gasteiger partial charge in [0.25, 0.3) is 0 Å². The predicted molar refractivity (Wildman–Crippen MR) is 77.6 cm³/mol. The fourth-order valence-electron chi connectivity index (χ4n) is 2.82. The van der Waals surface area contributed by atoms with Gasteiger partial charge in [0.05, 0.1) is 5.75 Å². The summed E-state index contributed by atoms with van der Waals surface area (Å²) in [5.41, 5.74) is 0. The molecule has 0 bridgehead atoms. The van der Waals surface area contributed by atoms with E-state index in [-0.39, 0.29) is 0 Å². The molecule has 0 spiro atoms. The maximum atomic E-state index is 11.4. The maximum absolute atomic E-state index is 11.4. The maximum Gasteiger partial charge on any atom is 0.150 e. The molecule has 1 fully saturated rings. The van der Waals surface area contributed by atoms with Crippen molar-refractivity contribution in [1.82, 2.24) is 5.32 Å². The van der Waals surface area contributed by atoms with Gasteiger partial charge in [-0.05, 0) is 44.6 Å². The Hall–Kier alpha value is -0.0900. The van der Waals surface area contributed by atoms with Crippen LogP contribution in [0.3, 0.4) is 0 Å². The summed E-state index contributed by atoms with van der Waals surface area (Å²) >= 11 is 0. The topological polar surface area (TPSA) is 46.2 Å². The molecule has 1 rings (SSSR count). The molecule has 0 amide bonds. The molecule has 1 N–H and O–H groups in total. The highest BCUT2D eigenvalue weighted by Crippen LogP contribution is 2.28. The van der Waals surface area contributed by atoms with Gasteiger partial charge >= 0.3 is 0 Å². The number of hydrogen-bond donors (Lipinski definition) is 1. The molecule has 0 heterocycles. The second-order valence-electron chi connectivity index (χ2n) is 5.56. The fraction of sp³-hybridized carbons (Fsp3) is 1.00. The van der Waals surface area contributed by atoms with Crippen molar-refractivity contribution in [2.24, 2.45) is 5.92 Å². The molecule has 0 aromatic carbocycles. The first-order valence-corrected chi connectivity index (χ1v) is 9.33. The quantitative estimate of drug-likeness (QED) is 0.741. The van der Waals surface area contributed by atoms with Crippen LogP contribution in [0.2, 0.25) is 0 Å². The predicted octanol–water partition coefficient (Wildman–Crippen LogP) is 2.76. The van der Waals surface area contributed by atoms with Crippen LogP contribution < -0.4 is 5.32 Å². The zero-order chi connectivity index (χ0) is 13.4. The Balaban J connectivity index is 2.22. The Morgan fingerprint density at radius 1 is 1.22 bits per heavy atom. The van der Waals surface area contributed by atoms with Crippen LogP contribution in [-0.4, -0.2) is 32.5 Å². The number of nitrogens with one attached hydrogen (secondary N) is 1. The fourth-order valence-corrected chi connectivity index (χ4v) is 3.72. The standard InChI is InChI=1S/C14H29NO2S/c1-3-10-15-14-9-5-7-13(12-14)8-6-11-18(16,17)4-2/h13-15H,3-12H2,1-2H3. The van der Waals surface area contributed by atoms with Crippen LogP contribution in [-0.2, 0) is 9.84 Å². The van der Waals surface area contributed by atoms with Crippen molar-refractivity contribution in [1.29, 1.82) is 0 Å². The van der Waals surface area contributed by atoms with E-state index in [1.165, 1.54) is 32.1 Å². The lowest BCUT2D eigenvalue weighted by atomic mass is 9.83. The van der Waals surface area contributed by atoms with Crippen LogP contribution in [0, 0.1) is 5.92 Å². The van der Waals surface area contributed by atoms with Crippen LogP contribution in [0.25, 0.3) is 0 Å². The zero-order valence-electron chi connectivity index (χ0n) is 12.0. The molecule has 2 unspecified atom stereocenters. The van der Waals surface area contributed by atoms with Crippen molar-refractivity contribution < 1.29 is 8.42 Å². The van der Waals surface area contributed by atoms with Crippen molar-refractivity contribution in [2.45, 2.75) is 64.8 Å². The van der Waals surface area contributed by atoms with Gasteiger partial charge in [-0.2, -0.15) is 0 Å². The Morgan fingerprint density at radius 3 is 2.67 bits per heavy atom. The Bertz CT molecular complexity index is 314. The number of sulfone groups is 1. The van der Waals surface area contributed by atoms with Crippen LogP contribution >= 0.6 is 0 Å². The molecule has 0 aromatic rings. The van der Waals surface area contributed by atoms with E-state index < -0.39 is 9.84 Å². The molecule has 1 aliphatic rings. The first-order chi connectivity index (χ1) is 8.57. The lowest BCUT2D eigenvalue weighted by molar-refractivity contribution is 0.272. The van der Waals surface area contributed by atoms with Gasteiger partial charge < -0.3 is 5.32 Å². The molecule has 108 valence electrons. The summed E-state index contributed by atoms with van der Waals surface area (Å²) in [5.74, 6) is 1.41. The SMILES string of the molecule is CCCNC1CCCC(CCCS(=O)(=O)CC)C1. The zero-order valence-corrected chi connectivity index (χ0v) is 12.8. The summed E-state index contributed by atoms with van der Waals surface area (Å²) in [6, 6.07) is 0.673. The molecule has 0 radical (unpaired) electrons. The van der Waals surface area contributed by atoms with E-state index in [0.717, 1.165) is 25.3 Å². The van der Waals surface area contributed by atoms with Crippen molar-refractivity contribution >= 4 is 9.84 Å². The summed E-state index contributed by atoms with van der Waals surface area (Å²) in [6.07, 6.45) is 8.25. The molecular formula is C14H29NO2S. The molecule has 0 aliphatic heterocycles. The van der Waals surface area contributed by atoms with Gasteiger partial charge in [-0.25, -0.2) is 8.42 Å². The smallest absolute Gasteiger partial charge is 0.150 e.